The van der Waals surface area contributed by atoms with Crippen LogP contribution in [-0.4, -0.2) is 19.6 Å². The summed E-state index contributed by atoms with van der Waals surface area (Å²) in [5.41, 5.74) is 3.01. The van der Waals surface area contributed by atoms with E-state index in [1.807, 2.05) is 30.3 Å². The summed E-state index contributed by atoms with van der Waals surface area (Å²) in [5.74, 6) is 1.39. The Labute approximate surface area is 159 Å². The third-order valence-electron chi connectivity index (χ3n) is 5.05. The van der Waals surface area contributed by atoms with Crippen molar-refractivity contribution in [2.24, 2.45) is 0 Å². The molecule has 3 aromatic rings. The van der Waals surface area contributed by atoms with E-state index < -0.39 is 0 Å². The Kier molecular flexibility index (Phi) is 4.71. The van der Waals surface area contributed by atoms with Gasteiger partial charge < -0.3 is 14.8 Å². The molecule has 4 heteroatoms. The molecule has 0 aromatic heterocycles. The molecule has 0 radical (unpaired) electrons. The quantitative estimate of drug-likeness (QED) is 0.687. The van der Waals surface area contributed by atoms with Gasteiger partial charge in [-0.3, -0.25) is 4.79 Å². The van der Waals surface area contributed by atoms with Crippen LogP contribution >= 0.6 is 0 Å². The molecule has 3 aromatic carbocycles. The molecule has 1 amide bonds. The molecule has 1 aliphatic rings. The second kappa shape index (κ2) is 7.31. The van der Waals surface area contributed by atoms with Crippen molar-refractivity contribution < 1.29 is 14.3 Å². The number of hydrogen-bond donors (Lipinski definition) is 1. The molecule has 4 nitrogen and oxygen atoms in total. The number of rotatable bonds is 5. The van der Waals surface area contributed by atoms with E-state index in [0.29, 0.717) is 18.8 Å². The molecule has 1 atom stereocenters. The molecule has 0 bridgehead atoms. The maximum atomic E-state index is 12.5. The lowest BCUT2D eigenvalue weighted by Crippen LogP contribution is -2.24. The number of methoxy groups -OCH3 is 1. The van der Waals surface area contributed by atoms with Gasteiger partial charge in [0, 0.05) is 23.3 Å². The minimum Gasteiger partial charge on any atom is -0.493 e. The standard InChI is InChI=1S/C23H23NO3/c1-3-13-27-23-18(9-6-10-20(23)26-2)19-14-21(25)24-22-16-8-5-4-7-15(16)11-12-17(19)22/h4-12,19H,3,13-14H2,1-2H3,(H,24,25)/t19-/m1/s1. The van der Waals surface area contributed by atoms with Gasteiger partial charge in [0.05, 0.1) is 19.4 Å². The number of carbonyl (C=O) groups excluding carboxylic acids is 1. The molecule has 4 rings (SSSR count). The Hall–Kier alpha value is -3.01. The molecular weight excluding hydrogens is 338 g/mol. The van der Waals surface area contributed by atoms with Gasteiger partial charge in [-0.2, -0.15) is 0 Å². The van der Waals surface area contributed by atoms with Gasteiger partial charge in [0.25, 0.3) is 0 Å². The zero-order chi connectivity index (χ0) is 18.8. The van der Waals surface area contributed by atoms with Crippen LogP contribution < -0.4 is 14.8 Å². The van der Waals surface area contributed by atoms with Gasteiger partial charge in [0.2, 0.25) is 5.91 Å². The smallest absolute Gasteiger partial charge is 0.225 e. The van der Waals surface area contributed by atoms with Gasteiger partial charge in [-0.25, -0.2) is 0 Å². The van der Waals surface area contributed by atoms with E-state index in [-0.39, 0.29) is 11.8 Å². The summed E-state index contributed by atoms with van der Waals surface area (Å²) in [7, 11) is 1.65. The monoisotopic (exact) mass is 361 g/mol. The highest BCUT2D eigenvalue weighted by atomic mass is 16.5. The van der Waals surface area contributed by atoms with Gasteiger partial charge in [0.15, 0.2) is 11.5 Å². The van der Waals surface area contributed by atoms with Crippen molar-refractivity contribution in [2.45, 2.75) is 25.7 Å². The summed E-state index contributed by atoms with van der Waals surface area (Å²) >= 11 is 0. The lowest BCUT2D eigenvalue weighted by Gasteiger charge is -2.29. The number of anilines is 1. The summed E-state index contributed by atoms with van der Waals surface area (Å²) in [6.45, 7) is 2.68. The Morgan fingerprint density at radius 3 is 2.70 bits per heavy atom. The van der Waals surface area contributed by atoms with Gasteiger partial charge in [-0.1, -0.05) is 55.5 Å². The van der Waals surface area contributed by atoms with Crippen molar-refractivity contribution in [3.05, 3.63) is 65.7 Å². The van der Waals surface area contributed by atoms with Gasteiger partial charge in [0.1, 0.15) is 0 Å². The molecule has 0 fully saturated rings. The van der Waals surface area contributed by atoms with Crippen LogP contribution in [0.15, 0.2) is 54.6 Å². The topological polar surface area (TPSA) is 47.6 Å². The number of nitrogens with one attached hydrogen (secondary N) is 1. The minimum absolute atomic E-state index is 0.0214. The maximum absolute atomic E-state index is 12.5. The first-order valence-electron chi connectivity index (χ1n) is 9.34. The van der Waals surface area contributed by atoms with E-state index in [0.717, 1.165) is 39.8 Å². The Bertz CT molecular complexity index is 996. The van der Waals surface area contributed by atoms with Crippen LogP contribution in [0.2, 0.25) is 0 Å². The Morgan fingerprint density at radius 1 is 1.04 bits per heavy atom. The van der Waals surface area contributed by atoms with Crippen molar-refractivity contribution in [1.29, 1.82) is 0 Å². The molecule has 0 aliphatic carbocycles. The molecule has 1 heterocycles. The molecule has 0 spiro atoms. The largest absolute Gasteiger partial charge is 0.493 e. The first kappa shape index (κ1) is 17.4. The average Bonchev–Trinajstić information content (AvgIpc) is 2.71. The van der Waals surface area contributed by atoms with Gasteiger partial charge in [-0.15, -0.1) is 0 Å². The van der Waals surface area contributed by atoms with Crippen LogP contribution in [0.5, 0.6) is 11.5 Å². The van der Waals surface area contributed by atoms with Crippen molar-refractivity contribution in [2.75, 3.05) is 19.0 Å². The van der Waals surface area contributed by atoms with E-state index in [1.165, 1.54) is 0 Å². The fourth-order valence-corrected chi connectivity index (χ4v) is 3.81. The van der Waals surface area contributed by atoms with Crippen molar-refractivity contribution in [3.63, 3.8) is 0 Å². The molecule has 0 saturated heterocycles. The summed E-state index contributed by atoms with van der Waals surface area (Å²) in [5, 5.41) is 5.26. The molecule has 0 saturated carbocycles. The predicted octanol–water partition coefficient (Wildman–Crippen LogP) is 5.11. The second-order valence-corrected chi connectivity index (χ2v) is 6.78. The van der Waals surface area contributed by atoms with E-state index in [4.69, 9.17) is 9.47 Å². The zero-order valence-corrected chi connectivity index (χ0v) is 15.6. The van der Waals surface area contributed by atoms with Crippen LogP contribution in [0.3, 0.4) is 0 Å². The Morgan fingerprint density at radius 2 is 1.89 bits per heavy atom. The van der Waals surface area contributed by atoms with Gasteiger partial charge >= 0.3 is 0 Å². The highest BCUT2D eigenvalue weighted by Gasteiger charge is 2.30. The van der Waals surface area contributed by atoms with Gasteiger partial charge in [-0.05, 0) is 23.4 Å². The third kappa shape index (κ3) is 3.12. The van der Waals surface area contributed by atoms with Crippen LogP contribution in [-0.2, 0) is 4.79 Å². The average molecular weight is 361 g/mol. The first-order chi connectivity index (χ1) is 13.2. The lowest BCUT2D eigenvalue weighted by molar-refractivity contribution is -0.116. The summed E-state index contributed by atoms with van der Waals surface area (Å²) < 4.78 is 11.6. The lowest BCUT2D eigenvalue weighted by atomic mass is 9.82. The third-order valence-corrected chi connectivity index (χ3v) is 5.05. The molecule has 138 valence electrons. The summed E-state index contributed by atoms with van der Waals surface area (Å²) in [6, 6.07) is 18.3. The Balaban J connectivity index is 1.89. The summed E-state index contributed by atoms with van der Waals surface area (Å²) in [4.78, 5) is 12.5. The molecule has 1 N–H and O–H groups in total. The number of fused-ring (bicyclic) bond motifs is 3. The van der Waals surface area contributed by atoms with E-state index in [1.54, 1.807) is 7.11 Å². The maximum Gasteiger partial charge on any atom is 0.225 e. The number of benzene rings is 3. The number of carbonyl (C=O) groups is 1. The molecular formula is C23H23NO3. The van der Waals surface area contributed by atoms with Crippen molar-refractivity contribution >= 4 is 22.4 Å². The summed E-state index contributed by atoms with van der Waals surface area (Å²) in [6.07, 6.45) is 1.30. The van der Waals surface area contributed by atoms with Crippen LogP contribution in [0.1, 0.15) is 36.8 Å². The van der Waals surface area contributed by atoms with Crippen LogP contribution in [0, 0.1) is 0 Å². The predicted molar refractivity (Wildman–Crippen MR) is 108 cm³/mol. The first-order valence-corrected chi connectivity index (χ1v) is 9.34. The fourth-order valence-electron chi connectivity index (χ4n) is 3.81. The highest BCUT2D eigenvalue weighted by Crippen LogP contribution is 2.45. The number of ether oxygens (including phenoxy) is 2. The minimum atomic E-state index is -0.0692. The molecule has 1 aliphatic heterocycles. The second-order valence-electron chi connectivity index (χ2n) is 6.78. The number of amides is 1. The SMILES string of the molecule is CCCOc1c(OC)cccc1[C@@H]1CC(=O)Nc2c1ccc1ccccc21. The van der Waals surface area contributed by atoms with E-state index >= 15 is 0 Å². The number of para-hydroxylation sites is 1. The van der Waals surface area contributed by atoms with Crippen molar-refractivity contribution in [3.8, 4) is 11.5 Å². The van der Waals surface area contributed by atoms with Crippen molar-refractivity contribution in [1.82, 2.24) is 0 Å². The fraction of sp³-hybridized carbons (Fsp3) is 0.261. The highest BCUT2D eigenvalue weighted by molar-refractivity contribution is 6.06. The van der Waals surface area contributed by atoms with E-state index in [2.05, 4.69) is 36.5 Å². The van der Waals surface area contributed by atoms with Crippen LogP contribution in [0.25, 0.3) is 10.8 Å². The van der Waals surface area contributed by atoms with Crippen LogP contribution in [0.4, 0.5) is 5.69 Å². The molecule has 0 unspecified atom stereocenters. The van der Waals surface area contributed by atoms with E-state index in [9.17, 15) is 4.79 Å². The normalized spacial score (nSPS) is 15.9. The zero-order valence-electron chi connectivity index (χ0n) is 15.6. The number of hydrogen-bond acceptors (Lipinski definition) is 3. The molecule has 27 heavy (non-hydrogen) atoms.